The first-order valence-corrected chi connectivity index (χ1v) is 4.68. The van der Waals surface area contributed by atoms with E-state index in [0.717, 1.165) is 16.7 Å². The highest BCUT2D eigenvalue weighted by Gasteiger charge is 2.03. The zero-order valence-corrected chi connectivity index (χ0v) is 8.53. The van der Waals surface area contributed by atoms with Crippen molar-refractivity contribution in [1.29, 1.82) is 0 Å². The molecule has 2 aromatic rings. The highest BCUT2D eigenvalue weighted by atomic mass is 16.5. The Kier molecular flexibility index (Phi) is 2.69. The van der Waals surface area contributed by atoms with Gasteiger partial charge in [0.1, 0.15) is 5.82 Å². The summed E-state index contributed by atoms with van der Waals surface area (Å²) in [5.74, 6) is 0.592. The topological polar surface area (TPSA) is 63.9 Å². The maximum absolute atomic E-state index is 5.73. The molecule has 3 N–H and O–H groups in total. The number of nitrogen functional groups attached to an aromatic ring is 1. The van der Waals surface area contributed by atoms with Gasteiger partial charge < -0.3 is 10.5 Å². The van der Waals surface area contributed by atoms with E-state index in [1.54, 1.807) is 13.3 Å². The molecular formula is C11H13N3O. The molecule has 15 heavy (non-hydrogen) atoms. The van der Waals surface area contributed by atoms with Gasteiger partial charge >= 0.3 is 0 Å². The smallest absolute Gasteiger partial charge is 0.126 e. The van der Waals surface area contributed by atoms with E-state index in [1.165, 1.54) is 0 Å². The summed E-state index contributed by atoms with van der Waals surface area (Å²) in [6.07, 6.45) is 1.72. The van der Waals surface area contributed by atoms with Crippen LogP contribution in [0.5, 0.6) is 0 Å². The van der Waals surface area contributed by atoms with Gasteiger partial charge in [-0.3, -0.25) is 5.10 Å². The summed E-state index contributed by atoms with van der Waals surface area (Å²) in [6, 6.07) is 8.06. The van der Waals surface area contributed by atoms with Crippen LogP contribution in [0.15, 0.2) is 30.5 Å². The van der Waals surface area contributed by atoms with Gasteiger partial charge in [-0.1, -0.05) is 24.3 Å². The number of anilines is 1. The van der Waals surface area contributed by atoms with Crippen molar-refractivity contribution < 1.29 is 4.74 Å². The van der Waals surface area contributed by atoms with Gasteiger partial charge in [-0.25, -0.2) is 0 Å². The van der Waals surface area contributed by atoms with Crippen LogP contribution in [0.4, 0.5) is 5.82 Å². The Morgan fingerprint density at radius 1 is 1.33 bits per heavy atom. The minimum Gasteiger partial charge on any atom is -0.384 e. The maximum Gasteiger partial charge on any atom is 0.126 e. The van der Waals surface area contributed by atoms with E-state index >= 15 is 0 Å². The van der Waals surface area contributed by atoms with Crippen LogP contribution in [-0.4, -0.2) is 17.3 Å². The lowest BCUT2D eigenvalue weighted by atomic mass is 10.1. The number of methoxy groups -OCH3 is 1. The van der Waals surface area contributed by atoms with Crippen LogP contribution in [0.25, 0.3) is 11.1 Å². The molecule has 0 spiro atoms. The molecule has 0 fully saturated rings. The summed E-state index contributed by atoms with van der Waals surface area (Å²) in [4.78, 5) is 0. The molecule has 0 aliphatic rings. The van der Waals surface area contributed by atoms with Gasteiger partial charge in [0.15, 0.2) is 0 Å². The Bertz CT molecular complexity index is 433. The summed E-state index contributed by atoms with van der Waals surface area (Å²) in [5, 5.41) is 6.59. The van der Waals surface area contributed by atoms with Crippen molar-refractivity contribution in [2.75, 3.05) is 12.8 Å². The Balaban J connectivity index is 2.28. The largest absolute Gasteiger partial charge is 0.384 e. The predicted octanol–water partition coefficient (Wildman–Crippen LogP) is 1.81. The zero-order chi connectivity index (χ0) is 10.7. The first-order chi connectivity index (χ1) is 7.31. The van der Waals surface area contributed by atoms with E-state index in [4.69, 9.17) is 10.5 Å². The first kappa shape index (κ1) is 9.73. The summed E-state index contributed by atoms with van der Waals surface area (Å²) in [5.41, 5.74) is 8.85. The number of nitrogens with two attached hydrogens (primary N) is 1. The molecule has 2 rings (SSSR count). The van der Waals surface area contributed by atoms with Crippen molar-refractivity contribution in [3.8, 4) is 11.1 Å². The molecule has 1 heterocycles. The fraction of sp³-hybridized carbons (Fsp3) is 0.182. The van der Waals surface area contributed by atoms with E-state index in [0.29, 0.717) is 12.4 Å². The average Bonchev–Trinajstić information content (AvgIpc) is 2.66. The molecule has 0 radical (unpaired) electrons. The van der Waals surface area contributed by atoms with E-state index in [9.17, 15) is 0 Å². The van der Waals surface area contributed by atoms with Gasteiger partial charge in [0.05, 0.1) is 12.8 Å². The molecule has 4 nitrogen and oxygen atoms in total. The lowest BCUT2D eigenvalue weighted by Crippen LogP contribution is -1.89. The molecule has 4 heteroatoms. The molecule has 0 unspecified atom stereocenters. The quantitative estimate of drug-likeness (QED) is 0.799. The van der Waals surface area contributed by atoms with Crippen molar-refractivity contribution in [3.05, 3.63) is 36.0 Å². The number of rotatable bonds is 3. The summed E-state index contributed by atoms with van der Waals surface area (Å²) < 4.78 is 5.04. The molecule has 78 valence electrons. The van der Waals surface area contributed by atoms with Gasteiger partial charge in [-0.15, -0.1) is 0 Å². The van der Waals surface area contributed by atoms with Gasteiger partial charge in [-0.2, -0.15) is 5.10 Å². The maximum atomic E-state index is 5.73. The van der Waals surface area contributed by atoms with Gasteiger partial charge in [0.25, 0.3) is 0 Å². The van der Waals surface area contributed by atoms with Crippen molar-refractivity contribution in [1.82, 2.24) is 10.2 Å². The minimum absolute atomic E-state index is 0.592. The van der Waals surface area contributed by atoms with E-state index < -0.39 is 0 Å². The Morgan fingerprint density at radius 2 is 2.07 bits per heavy atom. The van der Waals surface area contributed by atoms with E-state index in [2.05, 4.69) is 10.2 Å². The Morgan fingerprint density at radius 3 is 2.60 bits per heavy atom. The van der Waals surface area contributed by atoms with E-state index in [1.807, 2.05) is 24.3 Å². The minimum atomic E-state index is 0.592. The van der Waals surface area contributed by atoms with Crippen LogP contribution in [0.2, 0.25) is 0 Å². The van der Waals surface area contributed by atoms with Crippen LogP contribution in [0.1, 0.15) is 5.56 Å². The third kappa shape index (κ3) is 1.99. The van der Waals surface area contributed by atoms with Crippen LogP contribution in [0.3, 0.4) is 0 Å². The van der Waals surface area contributed by atoms with Crippen molar-refractivity contribution >= 4 is 5.82 Å². The number of ether oxygens (including phenoxy) is 1. The number of benzene rings is 1. The van der Waals surface area contributed by atoms with Crippen molar-refractivity contribution in [2.45, 2.75) is 6.61 Å². The zero-order valence-electron chi connectivity index (χ0n) is 8.53. The molecule has 0 aliphatic carbocycles. The number of aromatic amines is 1. The third-order valence-electron chi connectivity index (χ3n) is 2.24. The van der Waals surface area contributed by atoms with Crippen LogP contribution in [-0.2, 0) is 11.3 Å². The predicted molar refractivity (Wildman–Crippen MR) is 59.1 cm³/mol. The molecule has 1 aromatic carbocycles. The number of hydrogen-bond donors (Lipinski definition) is 2. The van der Waals surface area contributed by atoms with Gasteiger partial charge in [0, 0.05) is 12.7 Å². The number of nitrogens with zero attached hydrogens (tertiary/aromatic N) is 1. The number of aromatic nitrogens is 2. The SMILES string of the molecule is COCc1ccc(-c2cn[nH]c2N)cc1. The molecule has 0 bridgehead atoms. The second kappa shape index (κ2) is 4.14. The van der Waals surface area contributed by atoms with Crippen LogP contribution < -0.4 is 5.73 Å². The molecular weight excluding hydrogens is 190 g/mol. The molecule has 0 amide bonds. The normalized spacial score (nSPS) is 10.5. The lowest BCUT2D eigenvalue weighted by molar-refractivity contribution is 0.185. The lowest BCUT2D eigenvalue weighted by Gasteiger charge is -2.02. The highest BCUT2D eigenvalue weighted by Crippen LogP contribution is 2.23. The second-order valence-corrected chi connectivity index (χ2v) is 3.33. The van der Waals surface area contributed by atoms with E-state index in [-0.39, 0.29) is 0 Å². The number of nitrogens with one attached hydrogen (secondary N) is 1. The summed E-state index contributed by atoms with van der Waals surface area (Å²) >= 11 is 0. The first-order valence-electron chi connectivity index (χ1n) is 4.68. The molecule has 0 saturated heterocycles. The third-order valence-corrected chi connectivity index (χ3v) is 2.24. The highest BCUT2D eigenvalue weighted by molar-refractivity contribution is 5.72. The fourth-order valence-corrected chi connectivity index (χ4v) is 1.47. The number of H-pyrrole nitrogens is 1. The van der Waals surface area contributed by atoms with Crippen LogP contribution in [0, 0.1) is 0 Å². The second-order valence-electron chi connectivity index (χ2n) is 3.33. The summed E-state index contributed by atoms with van der Waals surface area (Å²) in [7, 11) is 1.68. The average molecular weight is 203 g/mol. The monoisotopic (exact) mass is 203 g/mol. The molecule has 1 aromatic heterocycles. The molecule has 0 atom stereocenters. The van der Waals surface area contributed by atoms with Crippen LogP contribution >= 0.6 is 0 Å². The Hall–Kier alpha value is -1.81. The fourth-order valence-electron chi connectivity index (χ4n) is 1.47. The standard InChI is InChI=1S/C11H13N3O/c1-15-7-8-2-4-9(5-3-8)10-6-13-14-11(10)12/h2-6H,7H2,1H3,(H3,12,13,14). The van der Waals surface area contributed by atoms with Gasteiger partial charge in [0.2, 0.25) is 0 Å². The van der Waals surface area contributed by atoms with Crippen molar-refractivity contribution in [2.24, 2.45) is 0 Å². The number of hydrogen-bond acceptors (Lipinski definition) is 3. The van der Waals surface area contributed by atoms with Gasteiger partial charge in [-0.05, 0) is 11.1 Å². The summed E-state index contributed by atoms with van der Waals surface area (Å²) in [6.45, 7) is 0.626. The molecule has 0 aliphatic heterocycles. The Labute approximate surface area is 88.1 Å². The molecule has 0 saturated carbocycles. The van der Waals surface area contributed by atoms with Crippen molar-refractivity contribution in [3.63, 3.8) is 0 Å².